The Morgan fingerprint density at radius 3 is 2.88 bits per heavy atom. The molecular weight excluding hydrogens is 223 g/mol. The van der Waals surface area contributed by atoms with E-state index in [1.54, 1.807) is 12.1 Å². The van der Waals surface area contributed by atoms with Gasteiger partial charge in [0.25, 0.3) is 0 Å². The van der Waals surface area contributed by atoms with Gasteiger partial charge in [-0.05, 0) is 17.7 Å². The predicted molar refractivity (Wildman–Crippen MR) is 61.4 cm³/mol. The summed E-state index contributed by atoms with van der Waals surface area (Å²) in [6.07, 6.45) is 0.486. The zero-order valence-electron chi connectivity index (χ0n) is 10.1. The third-order valence-corrected chi connectivity index (χ3v) is 3.46. The molecule has 1 aliphatic heterocycles. The molecule has 94 valence electrons. The largest absolute Gasteiger partial charge is 0.494 e. The van der Waals surface area contributed by atoms with E-state index in [9.17, 15) is 9.50 Å². The van der Waals surface area contributed by atoms with Crippen LogP contribution in [0, 0.1) is 11.7 Å². The quantitative estimate of drug-likeness (QED) is 0.860. The van der Waals surface area contributed by atoms with Gasteiger partial charge in [-0.25, -0.2) is 4.39 Å². The maximum Gasteiger partial charge on any atom is 0.165 e. The molecule has 17 heavy (non-hydrogen) atoms. The van der Waals surface area contributed by atoms with E-state index in [4.69, 9.17) is 9.47 Å². The molecular formula is C13H17FO3. The van der Waals surface area contributed by atoms with E-state index in [1.807, 2.05) is 6.92 Å². The molecule has 1 N–H and O–H groups in total. The Bertz CT molecular complexity index is 408. The highest BCUT2D eigenvalue weighted by molar-refractivity contribution is 5.33. The van der Waals surface area contributed by atoms with Crippen molar-refractivity contribution in [3.05, 3.63) is 29.6 Å². The molecule has 2 unspecified atom stereocenters. The lowest BCUT2D eigenvalue weighted by atomic mass is 9.79. The number of aliphatic hydroxyl groups is 1. The van der Waals surface area contributed by atoms with Gasteiger partial charge in [0, 0.05) is 18.9 Å². The van der Waals surface area contributed by atoms with Crippen LogP contribution in [0.3, 0.4) is 0 Å². The minimum atomic E-state index is -1.01. The standard InChI is InChI=1S/C13H17FO3/c1-9-8-17-6-5-13(9,15)10-3-4-12(16-2)11(14)7-10/h3-4,7,9,15H,5-6,8H2,1-2H3. The molecule has 3 nitrogen and oxygen atoms in total. The zero-order valence-corrected chi connectivity index (χ0v) is 10.1. The highest BCUT2D eigenvalue weighted by atomic mass is 19.1. The van der Waals surface area contributed by atoms with Crippen LogP contribution in [0.4, 0.5) is 4.39 Å². The number of benzene rings is 1. The highest BCUT2D eigenvalue weighted by Gasteiger charge is 2.38. The van der Waals surface area contributed by atoms with Crippen molar-refractivity contribution in [3.63, 3.8) is 0 Å². The van der Waals surface area contributed by atoms with Crippen LogP contribution in [0.5, 0.6) is 5.75 Å². The van der Waals surface area contributed by atoms with Crippen LogP contribution >= 0.6 is 0 Å². The lowest BCUT2D eigenvalue weighted by molar-refractivity contribution is -0.111. The Hall–Kier alpha value is -1.13. The summed E-state index contributed by atoms with van der Waals surface area (Å²) >= 11 is 0. The summed E-state index contributed by atoms with van der Waals surface area (Å²) in [5, 5.41) is 10.6. The van der Waals surface area contributed by atoms with Gasteiger partial charge in [-0.15, -0.1) is 0 Å². The molecule has 2 atom stereocenters. The molecule has 4 heteroatoms. The Labute approximate surface area is 100 Å². The van der Waals surface area contributed by atoms with Crippen molar-refractivity contribution in [1.82, 2.24) is 0 Å². The predicted octanol–water partition coefficient (Wildman–Crippen LogP) is 2.08. The van der Waals surface area contributed by atoms with E-state index in [2.05, 4.69) is 0 Å². The summed E-state index contributed by atoms with van der Waals surface area (Å²) in [6, 6.07) is 4.61. The van der Waals surface area contributed by atoms with E-state index >= 15 is 0 Å². The monoisotopic (exact) mass is 240 g/mol. The van der Waals surface area contributed by atoms with Crippen LogP contribution in [-0.2, 0) is 10.3 Å². The van der Waals surface area contributed by atoms with Crippen molar-refractivity contribution in [1.29, 1.82) is 0 Å². The first-order valence-corrected chi connectivity index (χ1v) is 5.72. The van der Waals surface area contributed by atoms with Gasteiger partial charge in [0.15, 0.2) is 11.6 Å². The first-order chi connectivity index (χ1) is 8.08. The molecule has 1 saturated heterocycles. The molecule has 0 spiro atoms. The van der Waals surface area contributed by atoms with E-state index < -0.39 is 11.4 Å². The van der Waals surface area contributed by atoms with Crippen LogP contribution in [-0.4, -0.2) is 25.4 Å². The topological polar surface area (TPSA) is 38.7 Å². The summed E-state index contributed by atoms with van der Waals surface area (Å²) in [4.78, 5) is 0. The average Bonchev–Trinajstić information content (AvgIpc) is 2.33. The minimum Gasteiger partial charge on any atom is -0.494 e. The van der Waals surface area contributed by atoms with Crippen molar-refractivity contribution in [2.75, 3.05) is 20.3 Å². The van der Waals surface area contributed by atoms with Crippen LogP contribution < -0.4 is 4.74 Å². The molecule has 1 aliphatic rings. The molecule has 1 aromatic carbocycles. The number of hydrogen-bond donors (Lipinski definition) is 1. The Balaban J connectivity index is 2.35. The first-order valence-electron chi connectivity index (χ1n) is 5.72. The van der Waals surface area contributed by atoms with Gasteiger partial charge in [0.2, 0.25) is 0 Å². The summed E-state index contributed by atoms with van der Waals surface area (Å²) in [7, 11) is 1.42. The van der Waals surface area contributed by atoms with Gasteiger partial charge in [-0.3, -0.25) is 0 Å². The van der Waals surface area contributed by atoms with Crippen molar-refractivity contribution in [2.24, 2.45) is 5.92 Å². The van der Waals surface area contributed by atoms with Crippen molar-refractivity contribution < 1.29 is 19.0 Å². The Morgan fingerprint density at radius 2 is 2.29 bits per heavy atom. The van der Waals surface area contributed by atoms with Gasteiger partial charge in [0.1, 0.15) is 0 Å². The Morgan fingerprint density at radius 1 is 1.53 bits per heavy atom. The molecule has 0 amide bonds. The third-order valence-electron chi connectivity index (χ3n) is 3.46. The van der Waals surface area contributed by atoms with Crippen LogP contribution in [0.25, 0.3) is 0 Å². The SMILES string of the molecule is COc1ccc(C2(O)CCOCC2C)cc1F. The molecule has 2 rings (SSSR count). The van der Waals surface area contributed by atoms with E-state index in [0.717, 1.165) is 0 Å². The summed E-state index contributed by atoms with van der Waals surface area (Å²) < 4.78 is 23.8. The lowest BCUT2D eigenvalue weighted by Gasteiger charge is -2.38. The number of hydrogen-bond acceptors (Lipinski definition) is 3. The van der Waals surface area contributed by atoms with E-state index in [0.29, 0.717) is 25.2 Å². The molecule has 0 saturated carbocycles. The second kappa shape index (κ2) is 4.63. The number of rotatable bonds is 2. The molecule has 1 fully saturated rings. The van der Waals surface area contributed by atoms with E-state index in [1.165, 1.54) is 13.2 Å². The third kappa shape index (κ3) is 2.15. The Kier molecular flexibility index (Phi) is 3.35. The lowest BCUT2D eigenvalue weighted by Crippen LogP contribution is -2.41. The van der Waals surface area contributed by atoms with Crippen molar-refractivity contribution in [2.45, 2.75) is 18.9 Å². The van der Waals surface area contributed by atoms with Gasteiger partial charge in [-0.2, -0.15) is 0 Å². The summed E-state index contributed by atoms with van der Waals surface area (Å²) in [5.41, 5.74) is -0.419. The van der Waals surface area contributed by atoms with Gasteiger partial charge in [-0.1, -0.05) is 13.0 Å². The molecule has 1 aromatic rings. The molecule has 0 aromatic heterocycles. The normalized spacial score (nSPS) is 29.1. The number of halogens is 1. The van der Waals surface area contributed by atoms with Crippen LogP contribution in [0.2, 0.25) is 0 Å². The first kappa shape index (κ1) is 12.3. The van der Waals surface area contributed by atoms with Gasteiger partial charge < -0.3 is 14.6 Å². The fourth-order valence-electron chi connectivity index (χ4n) is 2.24. The maximum atomic E-state index is 13.6. The zero-order chi connectivity index (χ0) is 12.5. The van der Waals surface area contributed by atoms with E-state index in [-0.39, 0.29) is 11.7 Å². The van der Waals surface area contributed by atoms with Crippen LogP contribution in [0.15, 0.2) is 18.2 Å². The second-order valence-electron chi connectivity index (χ2n) is 4.50. The number of methoxy groups -OCH3 is 1. The molecule has 0 aliphatic carbocycles. The maximum absolute atomic E-state index is 13.6. The summed E-state index contributed by atoms with van der Waals surface area (Å²) in [6.45, 7) is 2.89. The molecule has 1 heterocycles. The summed E-state index contributed by atoms with van der Waals surface area (Å²) in [5.74, 6) is -0.307. The fraction of sp³-hybridized carbons (Fsp3) is 0.538. The number of ether oxygens (including phenoxy) is 2. The van der Waals surface area contributed by atoms with Crippen molar-refractivity contribution in [3.8, 4) is 5.75 Å². The fourth-order valence-corrected chi connectivity index (χ4v) is 2.24. The molecule has 0 radical (unpaired) electrons. The minimum absolute atomic E-state index is 0.0518. The highest BCUT2D eigenvalue weighted by Crippen LogP contribution is 2.37. The molecule has 0 bridgehead atoms. The smallest absolute Gasteiger partial charge is 0.165 e. The van der Waals surface area contributed by atoms with Crippen LogP contribution in [0.1, 0.15) is 18.9 Å². The average molecular weight is 240 g/mol. The second-order valence-corrected chi connectivity index (χ2v) is 4.50. The van der Waals surface area contributed by atoms with Gasteiger partial charge in [0.05, 0.1) is 19.3 Å². The van der Waals surface area contributed by atoms with Crippen molar-refractivity contribution >= 4 is 0 Å². The van der Waals surface area contributed by atoms with Gasteiger partial charge >= 0.3 is 0 Å².